The molecule has 3 aromatic rings. The van der Waals surface area contributed by atoms with Gasteiger partial charge in [-0.25, -0.2) is 9.97 Å². The van der Waals surface area contributed by atoms with E-state index in [-0.39, 0.29) is 0 Å². The number of benzene rings is 2. The maximum atomic E-state index is 4.53. The average molecular weight is 274 g/mol. The van der Waals surface area contributed by atoms with Gasteiger partial charge in [-0.2, -0.15) is 0 Å². The number of aryl methyl sites for hydroxylation is 1. The fourth-order valence-electron chi connectivity index (χ4n) is 2.60. The number of para-hydroxylation sites is 1. The summed E-state index contributed by atoms with van der Waals surface area (Å²) in [6.45, 7) is 2.69. The van der Waals surface area contributed by atoms with E-state index in [1.165, 1.54) is 11.1 Å². The van der Waals surface area contributed by atoms with E-state index < -0.39 is 0 Å². The number of aromatic nitrogens is 2. The van der Waals surface area contributed by atoms with Gasteiger partial charge in [-0.1, -0.05) is 18.2 Å². The second-order valence-electron chi connectivity index (χ2n) is 5.14. The summed E-state index contributed by atoms with van der Waals surface area (Å²) < 4.78 is 0. The van der Waals surface area contributed by atoms with Crippen LogP contribution in [0.25, 0.3) is 10.9 Å². The van der Waals surface area contributed by atoms with Crippen LogP contribution in [-0.2, 0) is 6.54 Å². The summed E-state index contributed by atoms with van der Waals surface area (Å²) >= 11 is 0. The van der Waals surface area contributed by atoms with Gasteiger partial charge < -0.3 is 5.32 Å². The lowest BCUT2D eigenvalue weighted by molar-refractivity contribution is 1.09. The van der Waals surface area contributed by atoms with E-state index in [1.807, 2.05) is 37.4 Å². The highest BCUT2D eigenvalue weighted by molar-refractivity contribution is 5.92. The van der Waals surface area contributed by atoms with Crippen LogP contribution in [0.1, 0.15) is 17.0 Å². The standard InChI is InChI=1S/C17H14N4/c1-11-19-16-5-3-2-4-15(16)17(20-11)21-14-7-6-12-9-18-10-13(12)8-14/h2-8,10H,9H2,1H3,(H,19,20,21). The van der Waals surface area contributed by atoms with E-state index in [2.05, 4.69) is 38.5 Å². The van der Waals surface area contributed by atoms with Crippen molar-refractivity contribution in [2.24, 2.45) is 4.99 Å². The summed E-state index contributed by atoms with van der Waals surface area (Å²) in [6.07, 6.45) is 1.92. The van der Waals surface area contributed by atoms with E-state index >= 15 is 0 Å². The molecule has 4 nitrogen and oxygen atoms in total. The third kappa shape index (κ3) is 2.14. The van der Waals surface area contributed by atoms with Crippen LogP contribution < -0.4 is 5.32 Å². The van der Waals surface area contributed by atoms with Crippen molar-refractivity contribution in [2.45, 2.75) is 13.5 Å². The zero-order valence-electron chi connectivity index (χ0n) is 11.7. The van der Waals surface area contributed by atoms with E-state index in [9.17, 15) is 0 Å². The molecule has 0 saturated heterocycles. The van der Waals surface area contributed by atoms with Gasteiger partial charge in [0.25, 0.3) is 0 Å². The largest absolute Gasteiger partial charge is 0.340 e. The number of anilines is 2. The molecule has 0 atom stereocenters. The molecule has 21 heavy (non-hydrogen) atoms. The lowest BCUT2D eigenvalue weighted by Gasteiger charge is -2.10. The normalized spacial score (nSPS) is 12.6. The molecule has 0 radical (unpaired) electrons. The summed E-state index contributed by atoms with van der Waals surface area (Å²) in [4.78, 5) is 13.3. The number of nitrogens with zero attached hydrogens (tertiary/aromatic N) is 3. The zero-order chi connectivity index (χ0) is 14.2. The molecule has 1 N–H and O–H groups in total. The Balaban J connectivity index is 1.79. The Labute approximate surface area is 122 Å². The molecule has 0 bridgehead atoms. The van der Waals surface area contributed by atoms with Crippen LogP contribution in [0.3, 0.4) is 0 Å². The summed E-state index contributed by atoms with van der Waals surface area (Å²) in [7, 11) is 0. The van der Waals surface area contributed by atoms with Crippen LogP contribution >= 0.6 is 0 Å². The Morgan fingerprint density at radius 3 is 2.90 bits per heavy atom. The van der Waals surface area contributed by atoms with Crippen molar-refractivity contribution < 1.29 is 0 Å². The van der Waals surface area contributed by atoms with Crippen LogP contribution in [0.2, 0.25) is 0 Å². The highest BCUT2D eigenvalue weighted by Crippen LogP contribution is 2.26. The first-order valence-corrected chi connectivity index (χ1v) is 6.93. The predicted octanol–water partition coefficient (Wildman–Crippen LogP) is 3.61. The summed E-state index contributed by atoms with van der Waals surface area (Å²) in [5, 5.41) is 4.43. The van der Waals surface area contributed by atoms with E-state index in [1.54, 1.807) is 0 Å². The quantitative estimate of drug-likeness (QED) is 0.776. The molecule has 1 aromatic heterocycles. The third-order valence-corrected chi connectivity index (χ3v) is 3.62. The molecule has 0 spiro atoms. The highest BCUT2D eigenvalue weighted by atomic mass is 15.0. The van der Waals surface area contributed by atoms with Gasteiger partial charge in [0.15, 0.2) is 0 Å². The topological polar surface area (TPSA) is 50.2 Å². The molecule has 0 fully saturated rings. The van der Waals surface area contributed by atoms with Gasteiger partial charge in [-0.3, -0.25) is 4.99 Å². The molecule has 1 aliphatic heterocycles. The molecule has 4 heteroatoms. The van der Waals surface area contributed by atoms with Gasteiger partial charge >= 0.3 is 0 Å². The van der Waals surface area contributed by atoms with Gasteiger partial charge in [0.1, 0.15) is 11.6 Å². The molecule has 0 saturated carbocycles. The smallest absolute Gasteiger partial charge is 0.142 e. The van der Waals surface area contributed by atoms with Crippen molar-refractivity contribution in [3.05, 3.63) is 59.4 Å². The molecule has 4 rings (SSSR count). The number of hydrogen-bond donors (Lipinski definition) is 1. The van der Waals surface area contributed by atoms with Crippen molar-refractivity contribution in [3.63, 3.8) is 0 Å². The summed E-state index contributed by atoms with van der Waals surface area (Å²) in [5.74, 6) is 1.60. The molecule has 2 aromatic carbocycles. The van der Waals surface area contributed by atoms with Gasteiger partial charge in [0.05, 0.1) is 12.1 Å². The van der Waals surface area contributed by atoms with Crippen LogP contribution in [0, 0.1) is 6.92 Å². The second-order valence-corrected chi connectivity index (χ2v) is 5.14. The average Bonchev–Trinajstić information content (AvgIpc) is 2.94. The number of fused-ring (bicyclic) bond motifs is 2. The van der Waals surface area contributed by atoms with Gasteiger partial charge in [0, 0.05) is 17.3 Å². The lowest BCUT2D eigenvalue weighted by atomic mass is 10.1. The zero-order valence-corrected chi connectivity index (χ0v) is 11.7. The summed E-state index contributed by atoms with van der Waals surface area (Å²) in [5.41, 5.74) is 4.42. The maximum absolute atomic E-state index is 4.53. The van der Waals surface area contributed by atoms with Crippen molar-refractivity contribution >= 4 is 28.6 Å². The van der Waals surface area contributed by atoms with E-state index in [0.29, 0.717) is 0 Å². The molecule has 0 amide bonds. The van der Waals surface area contributed by atoms with E-state index in [4.69, 9.17) is 0 Å². The predicted molar refractivity (Wildman–Crippen MR) is 85.3 cm³/mol. The first-order valence-electron chi connectivity index (χ1n) is 6.93. The minimum atomic E-state index is 0.763. The number of hydrogen-bond acceptors (Lipinski definition) is 4. The monoisotopic (exact) mass is 274 g/mol. The van der Waals surface area contributed by atoms with Gasteiger partial charge in [-0.15, -0.1) is 0 Å². The maximum Gasteiger partial charge on any atom is 0.142 e. The first-order chi connectivity index (χ1) is 10.3. The fraction of sp³-hybridized carbons (Fsp3) is 0.118. The number of nitrogens with one attached hydrogen (secondary N) is 1. The Hall–Kier alpha value is -2.75. The van der Waals surface area contributed by atoms with Crippen molar-refractivity contribution in [2.75, 3.05) is 5.32 Å². The van der Waals surface area contributed by atoms with Crippen LogP contribution in [0.4, 0.5) is 11.5 Å². The number of rotatable bonds is 2. The van der Waals surface area contributed by atoms with Gasteiger partial charge in [0.2, 0.25) is 0 Å². The van der Waals surface area contributed by atoms with Gasteiger partial charge in [-0.05, 0) is 42.3 Å². The van der Waals surface area contributed by atoms with Crippen LogP contribution in [0.5, 0.6) is 0 Å². The van der Waals surface area contributed by atoms with E-state index in [0.717, 1.165) is 34.8 Å². The third-order valence-electron chi connectivity index (χ3n) is 3.62. The van der Waals surface area contributed by atoms with Crippen molar-refractivity contribution in [1.29, 1.82) is 0 Å². The fourth-order valence-corrected chi connectivity index (χ4v) is 2.60. The van der Waals surface area contributed by atoms with Crippen molar-refractivity contribution in [3.8, 4) is 0 Å². The molecule has 2 heterocycles. The Morgan fingerprint density at radius 2 is 1.95 bits per heavy atom. The second kappa shape index (κ2) is 4.66. The lowest BCUT2D eigenvalue weighted by Crippen LogP contribution is -1.99. The molecule has 0 aliphatic carbocycles. The Kier molecular flexibility index (Phi) is 2.67. The highest BCUT2D eigenvalue weighted by Gasteiger charge is 2.09. The Bertz CT molecular complexity index is 868. The SMILES string of the molecule is Cc1nc(Nc2ccc3c(c2)C=NC3)c2ccccc2n1. The minimum absolute atomic E-state index is 0.763. The van der Waals surface area contributed by atoms with Crippen LogP contribution in [-0.4, -0.2) is 16.2 Å². The number of aliphatic imine (C=N–C) groups is 1. The molecule has 1 aliphatic rings. The Morgan fingerprint density at radius 1 is 1.05 bits per heavy atom. The summed E-state index contributed by atoms with van der Waals surface area (Å²) in [6, 6.07) is 14.3. The molecule has 102 valence electrons. The molecule has 0 unspecified atom stereocenters. The molecular formula is C17H14N4. The van der Waals surface area contributed by atoms with Crippen LogP contribution in [0.15, 0.2) is 47.5 Å². The minimum Gasteiger partial charge on any atom is -0.340 e. The first kappa shape index (κ1) is 12.0. The molecular weight excluding hydrogens is 260 g/mol. The van der Waals surface area contributed by atoms with Crippen molar-refractivity contribution in [1.82, 2.24) is 9.97 Å².